The fourth-order valence-corrected chi connectivity index (χ4v) is 3.14. The Labute approximate surface area is 120 Å². The quantitative estimate of drug-likeness (QED) is 0.601. The van der Waals surface area contributed by atoms with Gasteiger partial charge in [-0.25, -0.2) is 4.79 Å². The molecule has 2 aliphatic rings. The van der Waals surface area contributed by atoms with Gasteiger partial charge in [0.15, 0.2) is 0 Å². The van der Waals surface area contributed by atoms with Gasteiger partial charge in [-0.3, -0.25) is 4.79 Å². The van der Waals surface area contributed by atoms with Crippen LogP contribution in [0.15, 0.2) is 0 Å². The molecule has 1 atom stereocenters. The van der Waals surface area contributed by atoms with E-state index in [-0.39, 0.29) is 17.8 Å². The Morgan fingerprint density at radius 2 is 1.80 bits per heavy atom. The maximum absolute atomic E-state index is 12.4. The number of ether oxygens (including phenoxy) is 1. The van der Waals surface area contributed by atoms with Crippen LogP contribution in [-0.4, -0.2) is 37.6 Å². The topological polar surface area (TPSA) is 67.4 Å². The van der Waals surface area contributed by atoms with E-state index < -0.39 is 5.54 Å². The van der Waals surface area contributed by atoms with Crippen LogP contribution in [0.25, 0.3) is 0 Å². The van der Waals surface area contributed by atoms with Crippen molar-refractivity contribution < 1.29 is 14.3 Å². The molecule has 1 aliphatic heterocycles. The Balaban J connectivity index is 2.06. The second-order valence-corrected chi connectivity index (χ2v) is 6.18. The van der Waals surface area contributed by atoms with Gasteiger partial charge in [0.25, 0.3) is 0 Å². The van der Waals surface area contributed by atoms with E-state index in [1.54, 1.807) is 0 Å². The highest BCUT2D eigenvalue weighted by molar-refractivity contribution is 5.89. The van der Waals surface area contributed by atoms with E-state index in [1.807, 2.05) is 6.92 Å². The molecule has 1 unspecified atom stereocenters. The molecule has 114 valence electrons. The summed E-state index contributed by atoms with van der Waals surface area (Å²) in [4.78, 5) is 24.6. The number of hydrogen-bond donors (Lipinski definition) is 2. The lowest BCUT2D eigenvalue weighted by Gasteiger charge is -2.36. The third-order valence-electron chi connectivity index (χ3n) is 4.83. The predicted molar refractivity (Wildman–Crippen MR) is 76.1 cm³/mol. The van der Waals surface area contributed by atoms with E-state index in [0.29, 0.717) is 18.8 Å². The number of rotatable bonds is 4. The predicted octanol–water partition coefficient (Wildman–Crippen LogP) is 1.22. The van der Waals surface area contributed by atoms with Gasteiger partial charge in [0, 0.05) is 5.92 Å². The molecule has 1 heterocycles. The second kappa shape index (κ2) is 6.57. The molecule has 5 heteroatoms. The molecule has 5 nitrogen and oxygen atoms in total. The zero-order chi connectivity index (χ0) is 14.6. The van der Waals surface area contributed by atoms with Crippen LogP contribution in [0.1, 0.15) is 45.4 Å². The first-order valence-corrected chi connectivity index (χ1v) is 7.70. The van der Waals surface area contributed by atoms with Gasteiger partial charge in [-0.15, -0.1) is 0 Å². The fraction of sp³-hybridized carbons (Fsp3) is 0.867. The van der Waals surface area contributed by atoms with Gasteiger partial charge in [0.2, 0.25) is 5.91 Å². The largest absolute Gasteiger partial charge is 0.467 e. The number of hydrogen-bond acceptors (Lipinski definition) is 4. The number of esters is 1. The lowest BCUT2D eigenvalue weighted by molar-refractivity contribution is -0.152. The van der Waals surface area contributed by atoms with Crippen LogP contribution in [0.2, 0.25) is 0 Å². The zero-order valence-corrected chi connectivity index (χ0v) is 12.5. The Morgan fingerprint density at radius 1 is 1.20 bits per heavy atom. The molecule has 1 saturated carbocycles. The van der Waals surface area contributed by atoms with E-state index in [9.17, 15) is 9.59 Å². The molecule has 1 aliphatic carbocycles. The number of methoxy groups -OCH3 is 1. The molecule has 1 amide bonds. The summed E-state index contributed by atoms with van der Waals surface area (Å²) >= 11 is 0. The van der Waals surface area contributed by atoms with Crippen molar-refractivity contribution in [3.63, 3.8) is 0 Å². The molecule has 2 fully saturated rings. The summed E-state index contributed by atoms with van der Waals surface area (Å²) in [6, 6.07) is 0. The Kier molecular flexibility index (Phi) is 5.02. The Morgan fingerprint density at radius 3 is 2.25 bits per heavy atom. The smallest absolute Gasteiger partial charge is 0.331 e. The van der Waals surface area contributed by atoms with Crippen molar-refractivity contribution in [2.75, 3.05) is 20.2 Å². The van der Waals surface area contributed by atoms with Crippen LogP contribution in [0.5, 0.6) is 0 Å². The molecule has 20 heavy (non-hydrogen) atoms. The van der Waals surface area contributed by atoms with Gasteiger partial charge >= 0.3 is 5.97 Å². The average Bonchev–Trinajstić information content (AvgIpc) is 2.62. The molecule has 1 saturated heterocycles. The molecule has 2 rings (SSSR count). The van der Waals surface area contributed by atoms with Crippen LogP contribution in [0.3, 0.4) is 0 Å². The van der Waals surface area contributed by atoms with Crippen molar-refractivity contribution in [3.8, 4) is 0 Å². The van der Waals surface area contributed by atoms with Crippen LogP contribution < -0.4 is 10.6 Å². The maximum atomic E-state index is 12.4. The van der Waals surface area contributed by atoms with Crippen LogP contribution >= 0.6 is 0 Å². The lowest BCUT2D eigenvalue weighted by atomic mass is 9.85. The molecule has 0 bridgehead atoms. The Bertz CT molecular complexity index is 358. The molecular formula is C15H26N2O3. The van der Waals surface area contributed by atoms with E-state index in [4.69, 9.17) is 4.74 Å². The third-order valence-corrected chi connectivity index (χ3v) is 4.83. The van der Waals surface area contributed by atoms with E-state index >= 15 is 0 Å². The number of amides is 1. The van der Waals surface area contributed by atoms with Crippen molar-refractivity contribution in [3.05, 3.63) is 0 Å². The molecule has 0 aromatic rings. The first-order valence-electron chi connectivity index (χ1n) is 7.70. The Hall–Kier alpha value is -1.10. The maximum Gasteiger partial charge on any atom is 0.331 e. The second-order valence-electron chi connectivity index (χ2n) is 6.18. The summed E-state index contributed by atoms with van der Waals surface area (Å²) in [6.07, 6.45) is 5.57. The van der Waals surface area contributed by atoms with Crippen molar-refractivity contribution in [1.82, 2.24) is 10.6 Å². The lowest BCUT2D eigenvalue weighted by Crippen LogP contribution is -2.58. The summed E-state index contributed by atoms with van der Waals surface area (Å²) < 4.78 is 4.96. The zero-order valence-electron chi connectivity index (χ0n) is 12.5. The van der Waals surface area contributed by atoms with E-state index in [2.05, 4.69) is 10.6 Å². The summed E-state index contributed by atoms with van der Waals surface area (Å²) in [5.74, 6) is 0.0343. The SMILES string of the molecule is COC(=O)C1(NC(=O)C(C)C2CNC2)CCCCCC1. The molecular weight excluding hydrogens is 256 g/mol. The van der Waals surface area contributed by atoms with Crippen LogP contribution in [-0.2, 0) is 14.3 Å². The minimum Gasteiger partial charge on any atom is -0.467 e. The first-order chi connectivity index (χ1) is 9.59. The van der Waals surface area contributed by atoms with Crippen LogP contribution in [0.4, 0.5) is 0 Å². The first kappa shape index (κ1) is 15.3. The summed E-state index contributed by atoms with van der Waals surface area (Å²) in [7, 11) is 1.40. The highest BCUT2D eigenvalue weighted by atomic mass is 16.5. The minimum atomic E-state index is -0.798. The summed E-state index contributed by atoms with van der Waals surface area (Å²) in [5, 5.41) is 6.21. The van der Waals surface area contributed by atoms with Crippen LogP contribution in [0, 0.1) is 11.8 Å². The molecule has 0 radical (unpaired) electrons. The highest BCUT2D eigenvalue weighted by Gasteiger charge is 2.42. The summed E-state index contributed by atoms with van der Waals surface area (Å²) in [6.45, 7) is 3.72. The number of carbonyl (C=O) groups excluding carboxylic acids is 2. The van der Waals surface area contributed by atoms with Gasteiger partial charge in [-0.1, -0.05) is 32.6 Å². The number of carbonyl (C=O) groups is 2. The molecule has 0 aromatic carbocycles. The van der Waals surface area contributed by atoms with Gasteiger partial charge < -0.3 is 15.4 Å². The monoisotopic (exact) mass is 282 g/mol. The van der Waals surface area contributed by atoms with E-state index in [1.165, 1.54) is 7.11 Å². The van der Waals surface area contributed by atoms with Crippen molar-refractivity contribution in [2.45, 2.75) is 51.0 Å². The molecule has 2 N–H and O–H groups in total. The van der Waals surface area contributed by atoms with Crippen molar-refractivity contribution >= 4 is 11.9 Å². The normalized spacial score (nSPS) is 24.1. The van der Waals surface area contributed by atoms with Crippen molar-refractivity contribution in [1.29, 1.82) is 0 Å². The molecule has 0 spiro atoms. The van der Waals surface area contributed by atoms with Gasteiger partial charge in [-0.05, 0) is 31.8 Å². The fourth-order valence-electron chi connectivity index (χ4n) is 3.14. The summed E-state index contributed by atoms with van der Waals surface area (Å²) in [5.41, 5.74) is -0.798. The minimum absolute atomic E-state index is 0.0104. The average molecular weight is 282 g/mol. The van der Waals surface area contributed by atoms with Crippen molar-refractivity contribution in [2.24, 2.45) is 11.8 Å². The van der Waals surface area contributed by atoms with Gasteiger partial charge in [0.05, 0.1) is 7.11 Å². The third kappa shape index (κ3) is 3.14. The highest BCUT2D eigenvalue weighted by Crippen LogP contribution is 2.29. The van der Waals surface area contributed by atoms with E-state index in [0.717, 1.165) is 38.8 Å². The number of nitrogens with one attached hydrogen (secondary N) is 2. The van der Waals surface area contributed by atoms with Gasteiger partial charge in [0.1, 0.15) is 5.54 Å². The molecule has 0 aromatic heterocycles. The standard InChI is InChI=1S/C15H26N2O3/c1-11(12-9-16-10-12)13(18)17-15(14(19)20-2)7-5-3-4-6-8-15/h11-12,16H,3-10H2,1-2H3,(H,17,18). The van der Waals surface area contributed by atoms with Gasteiger partial charge in [-0.2, -0.15) is 0 Å².